The number of fused-ring (bicyclic) bond motifs is 1. The van der Waals surface area contributed by atoms with Crippen LogP contribution >= 0.6 is 0 Å². The van der Waals surface area contributed by atoms with Crippen LogP contribution in [0.2, 0.25) is 0 Å². The Balaban J connectivity index is 3.03. The first-order valence-electron chi connectivity index (χ1n) is 3.12. The Kier molecular flexibility index (Phi) is 1.22. The molecule has 0 saturated carbocycles. The second-order valence-corrected chi connectivity index (χ2v) is 2.05. The van der Waals surface area contributed by atoms with E-state index in [9.17, 15) is 4.79 Å². The Morgan fingerprint density at radius 2 is 2.45 bits per heavy atom. The molecule has 0 aromatic carbocycles. The van der Waals surface area contributed by atoms with Gasteiger partial charge in [0, 0.05) is 18.3 Å². The molecule has 0 fully saturated rings. The molecule has 0 N–H and O–H groups in total. The van der Waals surface area contributed by atoms with Gasteiger partial charge in [-0.25, -0.2) is 4.98 Å². The minimum atomic E-state index is -0.112. The molecule has 53 valence electrons. The standard InChI is InChI=1S/C8H4NO2/c10-7-3-5-11-8-6(7)2-1-4-9-8/h1,3-5H. The van der Waals surface area contributed by atoms with E-state index >= 15 is 0 Å². The molecule has 3 heteroatoms. The van der Waals surface area contributed by atoms with Crippen molar-refractivity contribution < 1.29 is 4.42 Å². The number of nitrogens with zero attached hydrogens (tertiary/aromatic N) is 1. The third kappa shape index (κ3) is 0.902. The minimum Gasteiger partial charge on any atom is -0.446 e. The summed E-state index contributed by atoms with van der Waals surface area (Å²) < 4.78 is 4.95. The van der Waals surface area contributed by atoms with Gasteiger partial charge in [0.25, 0.3) is 0 Å². The Hall–Kier alpha value is -1.64. The highest BCUT2D eigenvalue weighted by molar-refractivity contribution is 5.70. The molecule has 0 aliphatic heterocycles. The van der Waals surface area contributed by atoms with Crippen molar-refractivity contribution in [2.75, 3.05) is 0 Å². The average molecular weight is 146 g/mol. The zero-order chi connectivity index (χ0) is 7.68. The molecule has 2 aromatic rings. The minimum absolute atomic E-state index is 0.112. The third-order valence-corrected chi connectivity index (χ3v) is 1.35. The summed E-state index contributed by atoms with van der Waals surface area (Å²) in [5, 5.41) is 0.398. The molecule has 3 nitrogen and oxygen atoms in total. The molecule has 11 heavy (non-hydrogen) atoms. The molecule has 0 atom stereocenters. The number of aromatic nitrogens is 1. The summed E-state index contributed by atoms with van der Waals surface area (Å²) in [6, 6.07) is 5.68. The van der Waals surface area contributed by atoms with Crippen LogP contribution in [0.3, 0.4) is 0 Å². The van der Waals surface area contributed by atoms with Gasteiger partial charge in [0.2, 0.25) is 5.71 Å². The van der Waals surface area contributed by atoms with Crippen LogP contribution in [0.25, 0.3) is 11.1 Å². The van der Waals surface area contributed by atoms with E-state index in [1.165, 1.54) is 18.5 Å². The van der Waals surface area contributed by atoms with Crippen molar-refractivity contribution in [3.05, 3.63) is 40.9 Å². The summed E-state index contributed by atoms with van der Waals surface area (Å²) in [4.78, 5) is 14.9. The van der Waals surface area contributed by atoms with Gasteiger partial charge in [0.15, 0.2) is 5.43 Å². The maximum absolute atomic E-state index is 11.0. The predicted molar refractivity (Wildman–Crippen MR) is 39.1 cm³/mol. The molecule has 0 amide bonds. The predicted octanol–water partition coefficient (Wildman–Crippen LogP) is 0.988. The Bertz CT molecular complexity index is 428. The molecule has 2 aromatic heterocycles. The lowest BCUT2D eigenvalue weighted by Gasteiger charge is -1.89. The van der Waals surface area contributed by atoms with Crippen LogP contribution in [0.4, 0.5) is 0 Å². The highest BCUT2D eigenvalue weighted by Gasteiger charge is 1.97. The fourth-order valence-corrected chi connectivity index (χ4v) is 0.861. The van der Waals surface area contributed by atoms with Crippen LogP contribution in [0.15, 0.2) is 33.8 Å². The lowest BCUT2D eigenvalue weighted by Crippen LogP contribution is -1.98. The van der Waals surface area contributed by atoms with Crippen molar-refractivity contribution in [2.24, 2.45) is 0 Å². The Morgan fingerprint density at radius 1 is 1.55 bits per heavy atom. The number of rotatable bonds is 0. The van der Waals surface area contributed by atoms with Gasteiger partial charge in [0.1, 0.15) is 0 Å². The molecule has 2 rings (SSSR count). The van der Waals surface area contributed by atoms with Crippen LogP contribution in [-0.4, -0.2) is 4.98 Å². The quantitative estimate of drug-likeness (QED) is 0.556. The monoisotopic (exact) mass is 146 g/mol. The first-order valence-corrected chi connectivity index (χ1v) is 3.12. The second-order valence-electron chi connectivity index (χ2n) is 2.05. The topological polar surface area (TPSA) is 43.1 Å². The highest BCUT2D eigenvalue weighted by Crippen LogP contribution is 2.02. The SMILES string of the molecule is O=c1ccoc2ncc[c]c12. The summed E-state index contributed by atoms with van der Waals surface area (Å²) in [6.45, 7) is 0. The zero-order valence-corrected chi connectivity index (χ0v) is 5.57. The Morgan fingerprint density at radius 3 is 3.27 bits per heavy atom. The molecule has 0 saturated heterocycles. The fraction of sp³-hybridized carbons (Fsp3) is 0. The van der Waals surface area contributed by atoms with E-state index in [-0.39, 0.29) is 5.43 Å². The Labute approximate surface area is 62.3 Å². The zero-order valence-electron chi connectivity index (χ0n) is 5.57. The third-order valence-electron chi connectivity index (χ3n) is 1.35. The van der Waals surface area contributed by atoms with E-state index in [1.807, 2.05) is 0 Å². The van der Waals surface area contributed by atoms with Gasteiger partial charge in [-0.05, 0) is 6.07 Å². The molecule has 0 spiro atoms. The molecule has 0 bridgehead atoms. The summed E-state index contributed by atoms with van der Waals surface area (Å²) >= 11 is 0. The lowest BCUT2D eigenvalue weighted by atomic mass is 10.3. The van der Waals surface area contributed by atoms with Crippen molar-refractivity contribution in [1.82, 2.24) is 4.98 Å². The van der Waals surface area contributed by atoms with E-state index in [0.29, 0.717) is 11.1 Å². The van der Waals surface area contributed by atoms with Gasteiger partial charge in [0.05, 0.1) is 11.6 Å². The molecule has 0 aliphatic carbocycles. The normalized spacial score (nSPS) is 10.2. The smallest absolute Gasteiger partial charge is 0.230 e. The van der Waals surface area contributed by atoms with E-state index in [2.05, 4.69) is 11.1 Å². The maximum atomic E-state index is 11.0. The molecule has 1 radical (unpaired) electrons. The van der Waals surface area contributed by atoms with Gasteiger partial charge in [-0.15, -0.1) is 0 Å². The van der Waals surface area contributed by atoms with Crippen molar-refractivity contribution in [1.29, 1.82) is 0 Å². The molecule has 0 unspecified atom stereocenters. The summed E-state index contributed by atoms with van der Waals surface area (Å²) in [7, 11) is 0. The second kappa shape index (κ2) is 2.20. The van der Waals surface area contributed by atoms with Crippen molar-refractivity contribution in [2.45, 2.75) is 0 Å². The molecular formula is C8H4NO2. The van der Waals surface area contributed by atoms with E-state index in [0.717, 1.165) is 0 Å². The van der Waals surface area contributed by atoms with Crippen LogP contribution in [0, 0.1) is 6.07 Å². The number of hydrogen-bond acceptors (Lipinski definition) is 3. The van der Waals surface area contributed by atoms with Crippen LogP contribution in [0.1, 0.15) is 0 Å². The van der Waals surface area contributed by atoms with Gasteiger partial charge in [-0.2, -0.15) is 0 Å². The molecule has 0 aliphatic rings. The van der Waals surface area contributed by atoms with Gasteiger partial charge in [-0.1, -0.05) is 0 Å². The first-order chi connectivity index (χ1) is 5.38. The maximum Gasteiger partial charge on any atom is 0.230 e. The summed E-state index contributed by atoms with van der Waals surface area (Å²) in [5.41, 5.74) is 0.222. The lowest BCUT2D eigenvalue weighted by molar-refractivity contribution is 0.589. The first kappa shape index (κ1) is 6.09. The summed E-state index contributed by atoms with van der Waals surface area (Å²) in [6.07, 6.45) is 2.86. The van der Waals surface area contributed by atoms with Crippen LogP contribution in [0.5, 0.6) is 0 Å². The van der Waals surface area contributed by atoms with Crippen molar-refractivity contribution in [3.8, 4) is 0 Å². The van der Waals surface area contributed by atoms with E-state index in [4.69, 9.17) is 4.42 Å². The van der Waals surface area contributed by atoms with Gasteiger partial charge < -0.3 is 4.42 Å². The summed E-state index contributed by atoms with van der Waals surface area (Å²) in [5.74, 6) is 0. The largest absolute Gasteiger partial charge is 0.446 e. The van der Waals surface area contributed by atoms with Gasteiger partial charge >= 0.3 is 0 Å². The van der Waals surface area contributed by atoms with Crippen molar-refractivity contribution in [3.63, 3.8) is 0 Å². The van der Waals surface area contributed by atoms with Crippen LogP contribution < -0.4 is 5.43 Å². The highest BCUT2D eigenvalue weighted by atomic mass is 16.3. The van der Waals surface area contributed by atoms with Gasteiger partial charge in [-0.3, -0.25) is 4.79 Å². The van der Waals surface area contributed by atoms with E-state index < -0.39 is 0 Å². The number of hydrogen-bond donors (Lipinski definition) is 0. The van der Waals surface area contributed by atoms with Crippen LogP contribution in [-0.2, 0) is 0 Å². The number of pyridine rings is 1. The fourth-order valence-electron chi connectivity index (χ4n) is 0.861. The molecule has 2 heterocycles. The van der Waals surface area contributed by atoms with Crippen molar-refractivity contribution >= 4 is 11.1 Å². The average Bonchev–Trinajstić information content (AvgIpc) is 2.06. The van der Waals surface area contributed by atoms with E-state index in [1.54, 1.807) is 6.07 Å². The molecular weight excluding hydrogens is 142 g/mol.